The lowest BCUT2D eigenvalue weighted by Crippen LogP contribution is -2.37. The molecule has 0 bridgehead atoms. The van der Waals surface area contributed by atoms with Gasteiger partial charge in [0.15, 0.2) is 0 Å². The molecular weight excluding hydrogens is 182 g/mol. The number of nitrogens with two attached hydrogens (primary N) is 1. The van der Waals surface area contributed by atoms with Crippen molar-refractivity contribution in [2.75, 3.05) is 20.3 Å². The molecule has 0 saturated carbocycles. The van der Waals surface area contributed by atoms with Crippen LogP contribution in [0.15, 0.2) is 0 Å². The second-order valence-corrected chi connectivity index (χ2v) is 6.90. The summed E-state index contributed by atoms with van der Waals surface area (Å²) in [6.45, 7) is 5.84. The van der Waals surface area contributed by atoms with Crippen molar-refractivity contribution >= 4 is 8.56 Å². The highest BCUT2D eigenvalue weighted by atomic mass is 28.4. The Balaban J connectivity index is 3.57. The van der Waals surface area contributed by atoms with Gasteiger partial charge in [-0.15, -0.1) is 0 Å². The summed E-state index contributed by atoms with van der Waals surface area (Å²) >= 11 is 0. The van der Waals surface area contributed by atoms with E-state index in [9.17, 15) is 0 Å². The fourth-order valence-corrected chi connectivity index (χ4v) is 3.17. The van der Waals surface area contributed by atoms with Gasteiger partial charge in [-0.2, -0.15) is 0 Å². The first-order chi connectivity index (χ1) is 6.18. The van der Waals surface area contributed by atoms with Gasteiger partial charge in [-0.05, 0) is 32.0 Å². The topological polar surface area (TPSA) is 44.5 Å². The molecule has 0 saturated heterocycles. The Morgan fingerprint density at radius 1 is 1.31 bits per heavy atom. The summed E-state index contributed by atoms with van der Waals surface area (Å²) in [5.41, 5.74) is 5.39. The molecule has 0 aromatic heterocycles. The highest BCUT2D eigenvalue weighted by molar-refractivity contribution is 6.65. The summed E-state index contributed by atoms with van der Waals surface area (Å²) in [4.78, 5) is 0. The first-order valence-corrected chi connectivity index (χ1v) is 7.60. The van der Waals surface area contributed by atoms with Gasteiger partial charge in [0.25, 0.3) is 0 Å². The molecule has 0 aromatic carbocycles. The summed E-state index contributed by atoms with van der Waals surface area (Å²) in [5, 5.41) is 0. The number of hydrogen-bond donors (Lipinski definition) is 1. The highest BCUT2D eigenvalue weighted by Crippen LogP contribution is 2.14. The molecule has 0 heterocycles. The molecular formula is C9H23NO2Si. The molecule has 13 heavy (non-hydrogen) atoms. The molecule has 80 valence electrons. The molecule has 0 fully saturated rings. The van der Waals surface area contributed by atoms with Crippen molar-refractivity contribution in [3.8, 4) is 0 Å². The molecule has 0 aliphatic rings. The fraction of sp³-hybridized carbons (Fsp3) is 1.00. The van der Waals surface area contributed by atoms with E-state index < -0.39 is 8.56 Å². The van der Waals surface area contributed by atoms with Crippen LogP contribution in [0, 0.1) is 0 Å². The van der Waals surface area contributed by atoms with E-state index in [1.807, 2.05) is 0 Å². The SMILES string of the molecule is CCC[Si](C)(OC)OCCCCN. The Morgan fingerprint density at radius 3 is 2.46 bits per heavy atom. The van der Waals surface area contributed by atoms with Crippen LogP contribution in [0.3, 0.4) is 0 Å². The summed E-state index contributed by atoms with van der Waals surface area (Å²) in [6, 6.07) is 1.08. The van der Waals surface area contributed by atoms with Crippen molar-refractivity contribution in [2.24, 2.45) is 5.73 Å². The quantitative estimate of drug-likeness (QED) is 0.486. The lowest BCUT2D eigenvalue weighted by Gasteiger charge is -2.24. The minimum atomic E-state index is -1.81. The van der Waals surface area contributed by atoms with Gasteiger partial charge in [0.2, 0.25) is 0 Å². The van der Waals surface area contributed by atoms with Gasteiger partial charge >= 0.3 is 8.56 Å². The number of unbranched alkanes of at least 4 members (excludes halogenated alkanes) is 1. The van der Waals surface area contributed by atoms with Gasteiger partial charge in [-0.25, -0.2) is 0 Å². The molecule has 2 N–H and O–H groups in total. The Hall–Kier alpha value is 0.0969. The van der Waals surface area contributed by atoms with Crippen molar-refractivity contribution < 1.29 is 8.85 Å². The Labute approximate surface area is 82.9 Å². The first-order valence-electron chi connectivity index (χ1n) is 5.07. The van der Waals surface area contributed by atoms with Crippen molar-refractivity contribution in [1.29, 1.82) is 0 Å². The van der Waals surface area contributed by atoms with Crippen molar-refractivity contribution in [3.63, 3.8) is 0 Å². The van der Waals surface area contributed by atoms with Crippen LogP contribution in [0.5, 0.6) is 0 Å². The van der Waals surface area contributed by atoms with Crippen molar-refractivity contribution in [3.05, 3.63) is 0 Å². The van der Waals surface area contributed by atoms with Crippen molar-refractivity contribution in [1.82, 2.24) is 0 Å². The van der Waals surface area contributed by atoms with Gasteiger partial charge in [0.1, 0.15) is 0 Å². The molecule has 0 aliphatic carbocycles. The first kappa shape index (κ1) is 13.1. The van der Waals surface area contributed by atoms with Gasteiger partial charge in [0.05, 0.1) is 0 Å². The molecule has 3 nitrogen and oxygen atoms in total. The maximum absolute atomic E-state index is 5.78. The van der Waals surface area contributed by atoms with E-state index in [1.165, 1.54) is 0 Å². The third kappa shape index (κ3) is 6.21. The second-order valence-electron chi connectivity index (χ2n) is 3.43. The largest absolute Gasteiger partial charge is 0.398 e. The zero-order valence-electron chi connectivity index (χ0n) is 9.14. The predicted octanol–water partition coefficient (Wildman–Crippen LogP) is 1.87. The van der Waals surface area contributed by atoms with Crippen LogP contribution in [-0.4, -0.2) is 28.8 Å². The molecule has 0 aliphatic heterocycles. The minimum absolute atomic E-state index is 0.752. The summed E-state index contributed by atoms with van der Waals surface area (Å²) in [7, 11) is -0.0594. The average molecular weight is 205 g/mol. The van der Waals surface area contributed by atoms with Gasteiger partial charge in [0, 0.05) is 13.7 Å². The smallest absolute Gasteiger partial charge is 0.334 e. The molecule has 0 aromatic rings. The molecule has 4 heteroatoms. The third-order valence-electron chi connectivity index (χ3n) is 2.14. The molecule has 1 atom stereocenters. The van der Waals surface area contributed by atoms with E-state index in [2.05, 4.69) is 13.5 Å². The van der Waals surface area contributed by atoms with Gasteiger partial charge in [-0.1, -0.05) is 13.3 Å². The average Bonchev–Trinajstić information content (AvgIpc) is 2.13. The van der Waals surface area contributed by atoms with Crippen LogP contribution in [-0.2, 0) is 8.85 Å². The Bertz CT molecular complexity index is 124. The minimum Gasteiger partial charge on any atom is -0.398 e. The summed E-state index contributed by atoms with van der Waals surface area (Å²) in [6.07, 6.45) is 3.22. The van der Waals surface area contributed by atoms with Crippen LogP contribution >= 0.6 is 0 Å². The number of rotatable bonds is 8. The Morgan fingerprint density at radius 2 is 2.00 bits per heavy atom. The zero-order chi connectivity index (χ0) is 10.2. The fourth-order valence-electron chi connectivity index (χ4n) is 1.22. The van der Waals surface area contributed by atoms with Crippen LogP contribution in [0.4, 0.5) is 0 Å². The Kier molecular flexibility index (Phi) is 7.55. The van der Waals surface area contributed by atoms with E-state index in [0.29, 0.717) is 0 Å². The second kappa shape index (κ2) is 7.50. The molecule has 0 spiro atoms. The maximum atomic E-state index is 5.78. The monoisotopic (exact) mass is 205 g/mol. The lowest BCUT2D eigenvalue weighted by molar-refractivity contribution is 0.200. The van der Waals surface area contributed by atoms with Crippen molar-refractivity contribution in [2.45, 2.75) is 38.8 Å². The van der Waals surface area contributed by atoms with E-state index in [1.54, 1.807) is 7.11 Å². The molecule has 1 unspecified atom stereocenters. The van der Waals surface area contributed by atoms with Gasteiger partial charge in [-0.3, -0.25) is 0 Å². The van der Waals surface area contributed by atoms with E-state index in [0.717, 1.165) is 38.5 Å². The van der Waals surface area contributed by atoms with E-state index in [-0.39, 0.29) is 0 Å². The molecule has 0 radical (unpaired) electrons. The van der Waals surface area contributed by atoms with Crippen LogP contribution < -0.4 is 5.73 Å². The van der Waals surface area contributed by atoms with E-state index >= 15 is 0 Å². The standard InChI is InChI=1S/C9H23NO2Si/c1-4-9-13(3,11-2)12-8-6-5-7-10/h4-10H2,1-3H3. The molecule has 0 amide bonds. The number of hydrogen-bond acceptors (Lipinski definition) is 3. The normalized spacial score (nSPS) is 15.7. The summed E-state index contributed by atoms with van der Waals surface area (Å²) in [5.74, 6) is 0. The van der Waals surface area contributed by atoms with Gasteiger partial charge < -0.3 is 14.6 Å². The van der Waals surface area contributed by atoms with Crippen LogP contribution in [0.25, 0.3) is 0 Å². The maximum Gasteiger partial charge on any atom is 0.334 e. The lowest BCUT2D eigenvalue weighted by atomic mass is 10.3. The summed E-state index contributed by atoms with van der Waals surface area (Å²) < 4.78 is 11.2. The highest BCUT2D eigenvalue weighted by Gasteiger charge is 2.28. The van der Waals surface area contributed by atoms with E-state index in [4.69, 9.17) is 14.6 Å². The van der Waals surface area contributed by atoms with Crippen LogP contribution in [0.2, 0.25) is 12.6 Å². The van der Waals surface area contributed by atoms with Crippen LogP contribution in [0.1, 0.15) is 26.2 Å². The predicted molar refractivity (Wildman–Crippen MR) is 58.0 cm³/mol. The zero-order valence-corrected chi connectivity index (χ0v) is 10.1. The molecule has 0 rings (SSSR count). The third-order valence-corrected chi connectivity index (χ3v) is 5.23.